The van der Waals surface area contributed by atoms with E-state index in [9.17, 15) is 0 Å². The minimum Gasteiger partial charge on any atom is -0.326 e. The Kier molecular flexibility index (Phi) is 1.87. The van der Waals surface area contributed by atoms with Gasteiger partial charge in [0.15, 0.2) is 0 Å². The number of aryl methyl sites for hydroxylation is 1. The predicted octanol–water partition coefficient (Wildman–Crippen LogP) is 1.19. The Morgan fingerprint density at radius 1 is 1.42 bits per heavy atom. The molecule has 1 aliphatic heterocycles. The van der Waals surface area contributed by atoms with Crippen molar-refractivity contribution in [2.24, 2.45) is 10.7 Å². The average Bonchev–Trinajstić information content (AvgIpc) is 2.17. The van der Waals surface area contributed by atoms with E-state index in [4.69, 9.17) is 5.73 Å². The molecule has 2 heterocycles. The standard InChI is InChI=1S/C9H11N3/c10-4-8-6-11-5-7-2-1-3-12-9(7)8/h3,5-6H,1-2,4,10H2. The first-order valence-corrected chi connectivity index (χ1v) is 4.10. The summed E-state index contributed by atoms with van der Waals surface area (Å²) in [7, 11) is 0. The third kappa shape index (κ3) is 1.12. The lowest BCUT2D eigenvalue weighted by Crippen LogP contribution is -2.02. The summed E-state index contributed by atoms with van der Waals surface area (Å²) in [6.07, 6.45) is 7.68. The number of aromatic nitrogens is 1. The maximum absolute atomic E-state index is 5.56. The molecule has 0 aromatic carbocycles. The van der Waals surface area contributed by atoms with E-state index in [1.54, 1.807) is 6.20 Å². The minimum atomic E-state index is 0.521. The molecular weight excluding hydrogens is 150 g/mol. The van der Waals surface area contributed by atoms with Crippen molar-refractivity contribution in [2.45, 2.75) is 19.4 Å². The van der Waals surface area contributed by atoms with Gasteiger partial charge in [-0.2, -0.15) is 0 Å². The molecule has 1 aromatic rings. The highest BCUT2D eigenvalue weighted by atomic mass is 14.8. The van der Waals surface area contributed by atoms with Crippen molar-refractivity contribution in [1.82, 2.24) is 4.98 Å². The molecule has 1 aliphatic rings. The fraction of sp³-hybridized carbons (Fsp3) is 0.333. The number of hydrogen-bond donors (Lipinski definition) is 1. The Morgan fingerprint density at radius 3 is 3.17 bits per heavy atom. The molecule has 0 spiro atoms. The van der Waals surface area contributed by atoms with Gasteiger partial charge >= 0.3 is 0 Å². The summed E-state index contributed by atoms with van der Waals surface area (Å²) in [6.45, 7) is 0.521. The van der Waals surface area contributed by atoms with Gasteiger partial charge in [-0.3, -0.25) is 9.98 Å². The van der Waals surface area contributed by atoms with Crippen LogP contribution >= 0.6 is 0 Å². The third-order valence-electron chi connectivity index (χ3n) is 2.05. The topological polar surface area (TPSA) is 51.3 Å². The Balaban J connectivity index is 2.54. The van der Waals surface area contributed by atoms with Crippen molar-refractivity contribution in [3.8, 4) is 0 Å². The Bertz CT molecular complexity index is 318. The highest BCUT2D eigenvalue weighted by molar-refractivity contribution is 5.70. The van der Waals surface area contributed by atoms with Gasteiger partial charge in [0, 0.05) is 30.7 Å². The number of aliphatic imine (C=N–C) groups is 1. The summed E-state index contributed by atoms with van der Waals surface area (Å²) in [6, 6.07) is 0. The summed E-state index contributed by atoms with van der Waals surface area (Å²) in [5.74, 6) is 0. The second kappa shape index (κ2) is 3.03. The van der Waals surface area contributed by atoms with E-state index in [1.807, 2.05) is 12.4 Å². The maximum Gasteiger partial charge on any atom is 0.0733 e. The third-order valence-corrected chi connectivity index (χ3v) is 2.05. The zero-order chi connectivity index (χ0) is 8.39. The molecular formula is C9H11N3. The van der Waals surface area contributed by atoms with Crippen LogP contribution < -0.4 is 5.73 Å². The first-order chi connectivity index (χ1) is 5.92. The number of hydrogen-bond acceptors (Lipinski definition) is 3. The molecule has 62 valence electrons. The van der Waals surface area contributed by atoms with Gasteiger partial charge in [0.05, 0.1) is 5.69 Å². The van der Waals surface area contributed by atoms with Crippen molar-refractivity contribution >= 4 is 11.9 Å². The first kappa shape index (κ1) is 7.43. The molecule has 2 N–H and O–H groups in total. The van der Waals surface area contributed by atoms with Crippen LogP contribution in [0.1, 0.15) is 17.5 Å². The first-order valence-electron chi connectivity index (χ1n) is 4.10. The molecule has 0 radical (unpaired) electrons. The van der Waals surface area contributed by atoms with Crippen LogP contribution in [0.2, 0.25) is 0 Å². The van der Waals surface area contributed by atoms with Crippen molar-refractivity contribution in [3.05, 3.63) is 23.5 Å². The molecule has 0 saturated carbocycles. The Hall–Kier alpha value is -1.22. The number of pyridine rings is 1. The summed E-state index contributed by atoms with van der Waals surface area (Å²) < 4.78 is 0. The van der Waals surface area contributed by atoms with E-state index in [0.717, 1.165) is 24.1 Å². The van der Waals surface area contributed by atoms with Crippen molar-refractivity contribution in [2.75, 3.05) is 0 Å². The van der Waals surface area contributed by atoms with E-state index in [1.165, 1.54) is 5.56 Å². The molecule has 3 nitrogen and oxygen atoms in total. The number of fused-ring (bicyclic) bond motifs is 1. The molecule has 2 rings (SSSR count). The van der Waals surface area contributed by atoms with Crippen LogP contribution in [0.5, 0.6) is 0 Å². The van der Waals surface area contributed by atoms with Crippen LogP contribution in [-0.2, 0) is 13.0 Å². The van der Waals surface area contributed by atoms with E-state index in [-0.39, 0.29) is 0 Å². The van der Waals surface area contributed by atoms with E-state index < -0.39 is 0 Å². The fourth-order valence-corrected chi connectivity index (χ4v) is 1.42. The molecule has 0 saturated heterocycles. The molecule has 0 atom stereocenters. The SMILES string of the molecule is NCc1cncc2c1N=CCC2. The van der Waals surface area contributed by atoms with E-state index in [0.29, 0.717) is 6.54 Å². The van der Waals surface area contributed by atoms with Crippen LogP contribution in [-0.4, -0.2) is 11.2 Å². The summed E-state index contributed by atoms with van der Waals surface area (Å²) in [5.41, 5.74) is 8.87. The lowest BCUT2D eigenvalue weighted by atomic mass is 10.0. The Morgan fingerprint density at radius 2 is 2.33 bits per heavy atom. The van der Waals surface area contributed by atoms with Crippen LogP contribution in [0.4, 0.5) is 5.69 Å². The van der Waals surface area contributed by atoms with Gasteiger partial charge < -0.3 is 5.73 Å². The van der Waals surface area contributed by atoms with Gasteiger partial charge in [0.1, 0.15) is 0 Å². The smallest absolute Gasteiger partial charge is 0.0733 e. The van der Waals surface area contributed by atoms with Gasteiger partial charge in [-0.15, -0.1) is 0 Å². The van der Waals surface area contributed by atoms with Crippen LogP contribution in [0.3, 0.4) is 0 Å². The molecule has 3 heteroatoms. The Labute approximate surface area is 71.3 Å². The van der Waals surface area contributed by atoms with Gasteiger partial charge in [-0.05, 0) is 18.4 Å². The fourth-order valence-electron chi connectivity index (χ4n) is 1.42. The van der Waals surface area contributed by atoms with Gasteiger partial charge in [-0.25, -0.2) is 0 Å². The minimum absolute atomic E-state index is 0.521. The van der Waals surface area contributed by atoms with Crippen LogP contribution in [0.25, 0.3) is 0 Å². The molecule has 0 unspecified atom stereocenters. The molecule has 12 heavy (non-hydrogen) atoms. The molecule has 1 aromatic heterocycles. The van der Waals surface area contributed by atoms with Gasteiger partial charge in [-0.1, -0.05) is 0 Å². The molecule has 0 bridgehead atoms. The van der Waals surface area contributed by atoms with E-state index in [2.05, 4.69) is 9.98 Å². The lowest BCUT2D eigenvalue weighted by molar-refractivity contribution is 0.967. The van der Waals surface area contributed by atoms with Gasteiger partial charge in [0.25, 0.3) is 0 Å². The average molecular weight is 161 g/mol. The van der Waals surface area contributed by atoms with Crippen molar-refractivity contribution in [1.29, 1.82) is 0 Å². The highest BCUT2D eigenvalue weighted by Gasteiger charge is 2.08. The molecule has 0 amide bonds. The highest BCUT2D eigenvalue weighted by Crippen LogP contribution is 2.26. The monoisotopic (exact) mass is 161 g/mol. The number of nitrogens with two attached hydrogens (primary N) is 1. The zero-order valence-corrected chi connectivity index (χ0v) is 6.83. The molecule has 0 aliphatic carbocycles. The summed E-state index contributed by atoms with van der Waals surface area (Å²) in [4.78, 5) is 8.43. The largest absolute Gasteiger partial charge is 0.326 e. The summed E-state index contributed by atoms with van der Waals surface area (Å²) >= 11 is 0. The lowest BCUT2D eigenvalue weighted by Gasteiger charge is -2.11. The number of rotatable bonds is 1. The van der Waals surface area contributed by atoms with Gasteiger partial charge in [0.2, 0.25) is 0 Å². The van der Waals surface area contributed by atoms with Crippen molar-refractivity contribution in [3.63, 3.8) is 0 Å². The maximum atomic E-state index is 5.56. The second-order valence-corrected chi connectivity index (χ2v) is 2.86. The second-order valence-electron chi connectivity index (χ2n) is 2.86. The summed E-state index contributed by atoms with van der Waals surface area (Å²) in [5, 5.41) is 0. The quantitative estimate of drug-likeness (QED) is 0.672. The number of nitrogens with zero attached hydrogens (tertiary/aromatic N) is 2. The van der Waals surface area contributed by atoms with Crippen LogP contribution in [0.15, 0.2) is 17.4 Å². The van der Waals surface area contributed by atoms with Crippen molar-refractivity contribution < 1.29 is 0 Å². The normalized spacial score (nSPS) is 14.4. The van der Waals surface area contributed by atoms with E-state index >= 15 is 0 Å². The van der Waals surface area contributed by atoms with Crippen LogP contribution in [0, 0.1) is 0 Å². The molecule has 0 fully saturated rings. The zero-order valence-electron chi connectivity index (χ0n) is 6.83. The predicted molar refractivity (Wildman–Crippen MR) is 48.6 cm³/mol.